The van der Waals surface area contributed by atoms with E-state index in [1.165, 1.54) is 17.0 Å². The summed E-state index contributed by atoms with van der Waals surface area (Å²) >= 11 is 7.82. The van der Waals surface area contributed by atoms with Crippen LogP contribution in [-0.2, 0) is 20.1 Å². The molecule has 2 aromatic rings. The fourth-order valence-corrected chi connectivity index (χ4v) is 4.21. The molecule has 5 nitrogen and oxygen atoms in total. The first-order valence-electron chi connectivity index (χ1n) is 7.99. The summed E-state index contributed by atoms with van der Waals surface area (Å²) in [6.45, 7) is 7.39. The Hall–Kier alpha value is -0.950. The molecule has 0 aromatic carbocycles. The van der Waals surface area contributed by atoms with Gasteiger partial charge in [0.2, 0.25) is 0 Å². The lowest BCUT2D eigenvalue weighted by Crippen LogP contribution is -2.28. The van der Waals surface area contributed by atoms with Crippen LogP contribution in [0, 0.1) is 12.8 Å². The van der Waals surface area contributed by atoms with E-state index in [-0.39, 0.29) is 0 Å². The van der Waals surface area contributed by atoms with Gasteiger partial charge in [-0.05, 0) is 32.9 Å². The van der Waals surface area contributed by atoms with Gasteiger partial charge >= 0.3 is 0 Å². The van der Waals surface area contributed by atoms with Gasteiger partial charge in [-0.15, -0.1) is 11.3 Å². The van der Waals surface area contributed by atoms with Gasteiger partial charge in [0.1, 0.15) is 11.0 Å². The van der Waals surface area contributed by atoms with Crippen molar-refractivity contribution in [3.8, 4) is 0 Å². The number of rotatable bonds is 6. The molecule has 126 valence electrons. The maximum absolute atomic E-state index is 6.06. The van der Waals surface area contributed by atoms with E-state index in [1.54, 1.807) is 17.5 Å². The minimum atomic E-state index is 0.704. The summed E-state index contributed by atoms with van der Waals surface area (Å²) in [5, 5.41) is 0.704. The average molecular weight is 354 g/mol. The number of imidazole rings is 1. The van der Waals surface area contributed by atoms with Crippen LogP contribution in [0.2, 0.25) is 5.15 Å². The molecular weight excluding hydrogens is 330 g/mol. The van der Waals surface area contributed by atoms with Crippen LogP contribution >= 0.6 is 22.9 Å². The number of hydrogen-bond acceptors (Lipinski definition) is 5. The van der Waals surface area contributed by atoms with E-state index in [2.05, 4.69) is 33.7 Å². The molecule has 2 aromatic heterocycles. The standard InChI is InChI=1S/C16H24ClN5S/c1-12-14(23-11-19-12)9-20(2)7-13-4-5-22(8-13)10-16-18-6-15(17)21(16)3/h6,11,13H,4-5,7-10H2,1-3H3/t13-/m0/s1. The van der Waals surface area contributed by atoms with Gasteiger partial charge in [0.15, 0.2) is 0 Å². The Morgan fingerprint density at radius 1 is 1.43 bits per heavy atom. The van der Waals surface area contributed by atoms with E-state index < -0.39 is 0 Å². The molecule has 3 heterocycles. The van der Waals surface area contributed by atoms with Crippen molar-refractivity contribution < 1.29 is 0 Å². The summed E-state index contributed by atoms with van der Waals surface area (Å²) in [4.78, 5) is 15.0. The molecule has 0 spiro atoms. The van der Waals surface area contributed by atoms with Gasteiger partial charge in [-0.25, -0.2) is 9.97 Å². The van der Waals surface area contributed by atoms with Crippen LogP contribution in [-0.4, -0.2) is 51.0 Å². The zero-order chi connectivity index (χ0) is 16.4. The SMILES string of the molecule is Cc1ncsc1CN(C)C[C@@H]1CCN(Cc2ncc(Cl)n2C)C1. The number of hydrogen-bond donors (Lipinski definition) is 0. The molecule has 7 heteroatoms. The molecule has 0 aliphatic carbocycles. The third-order valence-corrected chi connectivity index (χ3v) is 5.86. The third kappa shape index (κ3) is 4.12. The number of halogens is 1. The van der Waals surface area contributed by atoms with E-state index in [0.29, 0.717) is 5.15 Å². The summed E-state index contributed by atoms with van der Waals surface area (Å²) in [5.74, 6) is 1.77. The second-order valence-electron chi connectivity index (χ2n) is 6.50. The second-order valence-corrected chi connectivity index (χ2v) is 7.83. The first kappa shape index (κ1) is 16.9. The van der Waals surface area contributed by atoms with Crippen LogP contribution in [0.5, 0.6) is 0 Å². The van der Waals surface area contributed by atoms with Gasteiger partial charge in [-0.1, -0.05) is 11.6 Å². The third-order valence-electron chi connectivity index (χ3n) is 4.59. The van der Waals surface area contributed by atoms with Crippen molar-refractivity contribution in [2.24, 2.45) is 13.0 Å². The number of nitrogens with zero attached hydrogens (tertiary/aromatic N) is 5. The highest BCUT2D eigenvalue weighted by atomic mass is 35.5. The summed E-state index contributed by atoms with van der Waals surface area (Å²) in [5.41, 5.74) is 3.11. The number of aryl methyl sites for hydroxylation is 1. The normalized spacial score (nSPS) is 19.1. The lowest BCUT2D eigenvalue weighted by atomic mass is 10.1. The summed E-state index contributed by atoms with van der Waals surface area (Å²) in [7, 11) is 4.18. The molecule has 0 saturated carbocycles. The Bertz CT molecular complexity index is 653. The lowest BCUT2D eigenvalue weighted by Gasteiger charge is -2.21. The summed E-state index contributed by atoms with van der Waals surface area (Å²) in [6.07, 6.45) is 2.99. The van der Waals surface area contributed by atoms with Crippen molar-refractivity contribution in [1.29, 1.82) is 0 Å². The van der Waals surface area contributed by atoms with E-state index in [9.17, 15) is 0 Å². The Labute approximate surface area is 146 Å². The van der Waals surface area contributed by atoms with Crippen LogP contribution in [0.25, 0.3) is 0 Å². The van der Waals surface area contributed by atoms with E-state index in [1.807, 2.05) is 17.1 Å². The smallest absolute Gasteiger partial charge is 0.128 e. The molecule has 0 amide bonds. The van der Waals surface area contributed by atoms with Gasteiger partial charge in [0.25, 0.3) is 0 Å². The van der Waals surface area contributed by atoms with E-state index >= 15 is 0 Å². The highest BCUT2D eigenvalue weighted by Crippen LogP contribution is 2.21. The molecule has 0 bridgehead atoms. The van der Waals surface area contributed by atoms with Gasteiger partial charge in [-0.3, -0.25) is 4.90 Å². The zero-order valence-electron chi connectivity index (χ0n) is 14.0. The summed E-state index contributed by atoms with van der Waals surface area (Å²) < 4.78 is 1.97. The minimum absolute atomic E-state index is 0.704. The Kier molecular flexibility index (Phi) is 5.36. The van der Waals surface area contributed by atoms with Gasteiger partial charge in [0.05, 0.1) is 23.9 Å². The molecule has 0 radical (unpaired) electrons. The zero-order valence-corrected chi connectivity index (χ0v) is 15.6. The lowest BCUT2D eigenvalue weighted by molar-refractivity contribution is 0.253. The van der Waals surface area contributed by atoms with Crippen molar-refractivity contribution in [2.75, 3.05) is 26.7 Å². The average Bonchev–Trinajstić information content (AvgIpc) is 3.19. The van der Waals surface area contributed by atoms with E-state index in [0.717, 1.165) is 44.5 Å². The van der Waals surface area contributed by atoms with Crippen molar-refractivity contribution in [3.63, 3.8) is 0 Å². The van der Waals surface area contributed by atoms with Crippen LogP contribution < -0.4 is 0 Å². The molecule has 1 atom stereocenters. The van der Waals surface area contributed by atoms with Crippen molar-refractivity contribution >= 4 is 22.9 Å². The second kappa shape index (κ2) is 7.30. The fraction of sp³-hybridized carbons (Fsp3) is 0.625. The van der Waals surface area contributed by atoms with Crippen molar-refractivity contribution in [1.82, 2.24) is 24.3 Å². The van der Waals surface area contributed by atoms with E-state index in [4.69, 9.17) is 11.6 Å². The Balaban J connectivity index is 1.48. The Morgan fingerprint density at radius 3 is 2.91 bits per heavy atom. The van der Waals surface area contributed by atoms with Crippen LogP contribution in [0.4, 0.5) is 0 Å². The highest BCUT2D eigenvalue weighted by molar-refractivity contribution is 7.09. The predicted molar refractivity (Wildman–Crippen MR) is 94.8 cm³/mol. The molecule has 1 aliphatic heterocycles. The van der Waals surface area contributed by atoms with Crippen LogP contribution in [0.3, 0.4) is 0 Å². The molecule has 0 N–H and O–H groups in total. The largest absolute Gasteiger partial charge is 0.321 e. The van der Waals surface area contributed by atoms with Gasteiger partial charge in [-0.2, -0.15) is 0 Å². The predicted octanol–water partition coefficient (Wildman–Crippen LogP) is 2.79. The molecule has 23 heavy (non-hydrogen) atoms. The molecule has 0 unspecified atom stereocenters. The number of likely N-dealkylation sites (tertiary alicyclic amines) is 1. The minimum Gasteiger partial charge on any atom is -0.321 e. The molecular formula is C16H24ClN5S. The first-order valence-corrected chi connectivity index (χ1v) is 9.24. The first-order chi connectivity index (χ1) is 11.0. The fourth-order valence-electron chi connectivity index (χ4n) is 3.21. The number of thiazole rings is 1. The maximum Gasteiger partial charge on any atom is 0.128 e. The molecule has 1 fully saturated rings. The quantitative estimate of drug-likeness (QED) is 0.800. The molecule has 1 aliphatic rings. The molecule has 3 rings (SSSR count). The monoisotopic (exact) mass is 353 g/mol. The van der Waals surface area contributed by atoms with Crippen LogP contribution in [0.1, 0.15) is 22.8 Å². The molecule has 1 saturated heterocycles. The maximum atomic E-state index is 6.06. The van der Waals surface area contributed by atoms with Crippen molar-refractivity contribution in [2.45, 2.75) is 26.4 Å². The van der Waals surface area contributed by atoms with Gasteiger partial charge < -0.3 is 9.47 Å². The topological polar surface area (TPSA) is 37.2 Å². The Morgan fingerprint density at radius 2 is 2.26 bits per heavy atom. The van der Waals surface area contributed by atoms with Crippen molar-refractivity contribution in [3.05, 3.63) is 33.3 Å². The van der Waals surface area contributed by atoms with Gasteiger partial charge in [0, 0.05) is 31.6 Å². The summed E-state index contributed by atoms with van der Waals surface area (Å²) in [6, 6.07) is 0. The number of aromatic nitrogens is 3. The van der Waals surface area contributed by atoms with Crippen LogP contribution in [0.15, 0.2) is 11.7 Å². The highest BCUT2D eigenvalue weighted by Gasteiger charge is 2.25.